The van der Waals surface area contributed by atoms with Crippen LogP contribution in [0.15, 0.2) is 22.7 Å². The first-order valence-corrected chi connectivity index (χ1v) is 4.33. The number of rotatable bonds is 1. The van der Waals surface area contributed by atoms with Crippen molar-refractivity contribution in [2.45, 2.75) is 0 Å². The molecule has 0 aliphatic heterocycles. The van der Waals surface area contributed by atoms with Crippen molar-refractivity contribution in [3.63, 3.8) is 0 Å². The number of anilines is 1. The van der Waals surface area contributed by atoms with Crippen LogP contribution in [0, 0.1) is 11.6 Å². The van der Waals surface area contributed by atoms with Gasteiger partial charge in [-0.25, -0.2) is 8.78 Å². The first-order chi connectivity index (χ1) is 7.08. The van der Waals surface area contributed by atoms with Crippen LogP contribution in [0.2, 0.25) is 5.02 Å². The average molecular weight is 231 g/mol. The smallest absolute Gasteiger partial charge is 0.222 e. The molecule has 2 N–H and O–H groups in total. The third-order valence-electron chi connectivity index (χ3n) is 1.79. The van der Waals surface area contributed by atoms with Gasteiger partial charge in [-0.05, 0) is 12.1 Å². The molecule has 0 spiro atoms. The summed E-state index contributed by atoms with van der Waals surface area (Å²) >= 11 is 5.47. The summed E-state index contributed by atoms with van der Waals surface area (Å²) in [7, 11) is 0. The Morgan fingerprint density at radius 3 is 2.27 bits per heavy atom. The Labute approximate surface area is 88.4 Å². The summed E-state index contributed by atoms with van der Waals surface area (Å²) in [4.78, 5) is 0. The molecule has 0 aliphatic carbocycles. The van der Waals surface area contributed by atoms with Crippen molar-refractivity contribution in [1.29, 1.82) is 0 Å². The van der Waals surface area contributed by atoms with Gasteiger partial charge in [0.25, 0.3) is 0 Å². The minimum atomic E-state index is -0.812. The Bertz CT molecular complexity index is 490. The average Bonchev–Trinajstić information content (AvgIpc) is 2.49. The van der Waals surface area contributed by atoms with Crippen LogP contribution in [0.3, 0.4) is 0 Å². The van der Waals surface area contributed by atoms with Crippen molar-refractivity contribution < 1.29 is 13.3 Å². The zero-order valence-electron chi connectivity index (χ0n) is 7.30. The molecule has 2 aromatic rings. The molecule has 15 heavy (non-hydrogen) atoms. The summed E-state index contributed by atoms with van der Waals surface area (Å²) in [5.74, 6) is -1.64. The summed E-state index contributed by atoms with van der Waals surface area (Å²) in [5.41, 5.74) is 4.94. The molecular weight excluding hydrogens is 226 g/mol. The Hall–Kier alpha value is -1.62. The number of hydrogen-bond donors (Lipinski definition) is 1. The van der Waals surface area contributed by atoms with Crippen LogP contribution >= 0.6 is 11.6 Å². The number of hydrogen-bond acceptors (Lipinski definition) is 3. The van der Waals surface area contributed by atoms with E-state index in [4.69, 9.17) is 17.3 Å². The topological polar surface area (TPSA) is 52.0 Å². The van der Waals surface area contributed by atoms with Gasteiger partial charge in [0.05, 0.1) is 5.56 Å². The molecule has 1 aromatic heterocycles. The SMILES string of the molecule is Nc1cc(-c2c(F)cc(Cl)cc2F)no1. The predicted octanol–water partition coefficient (Wildman–Crippen LogP) is 2.86. The minimum absolute atomic E-state index is 0.000772. The highest BCUT2D eigenvalue weighted by atomic mass is 35.5. The van der Waals surface area contributed by atoms with E-state index in [2.05, 4.69) is 9.68 Å². The molecule has 0 saturated heterocycles. The second kappa shape index (κ2) is 3.51. The van der Waals surface area contributed by atoms with E-state index in [1.54, 1.807) is 0 Å². The molecule has 0 amide bonds. The van der Waals surface area contributed by atoms with Crippen molar-refractivity contribution in [3.8, 4) is 11.3 Å². The molecule has 0 fully saturated rings. The molecule has 3 nitrogen and oxygen atoms in total. The molecule has 2 rings (SSSR count). The Morgan fingerprint density at radius 2 is 1.80 bits per heavy atom. The van der Waals surface area contributed by atoms with Gasteiger partial charge in [0, 0.05) is 11.1 Å². The zero-order valence-corrected chi connectivity index (χ0v) is 8.05. The molecule has 0 radical (unpaired) electrons. The van der Waals surface area contributed by atoms with Crippen LogP contribution in [-0.4, -0.2) is 5.16 Å². The second-order valence-corrected chi connectivity index (χ2v) is 3.30. The number of nitrogens with zero attached hydrogens (tertiary/aromatic N) is 1. The van der Waals surface area contributed by atoms with E-state index in [-0.39, 0.29) is 22.2 Å². The van der Waals surface area contributed by atoms with Gasteiger partial charge in [0.2, 0.25) is 5.88 Å². The van der Waals surface area contributed by atoms with E-state index in [0.717, 1.165) is 12.1 Å². The molecule has 0 saturated carbocycles. The molecule has 0 atom stereocenters. The van der Waals surface area contributed by atoms with Gasteiger partial charge in [-0.3, -0.25) is 0 Å². The standard InChI is InChI=1S/C9H5ClF2N2O/c10-4-1-5(11)9(6(12)2-4)7-3-8(13)15-14-7/h1-3H,13H2. The van der Waals surface area contributed by atoms with Crippen molar-refractivity contribution in [2.24, 2.45) is 0 Å². The summed E-state index contributed by atoms with van der Waals surface area (Å²) in [6, 6.07) is 3.21. The lowest BCUT2D eigenvalue weighted by atomic mass is 10.1. The maximum atomic E-state index is 13.4. The lowest BCUT2D eigenvalue weighted by Crippen LogP contribution is -1.90. The predicted molar refractivity (Wildman–Crippen MR) is 51.3 cm³/mol. The monoisotopic (exact) mass is 230 g/mol. The van der Waals surface area contributed by atoms with E-state index >= 15 is 0 Å². The van der Waals surface area contributed by atoms with Gasteiger partial charge in [0.1, 0.15) is 17.3 Å². The largest absolute Gasteiger partial charge is 0.368 e. The van der Waals surface area contributed by atoms with Crippen molar-refractivity contribution in [2.75, 3.05) is 5.73 Å². The molecule has 6 heteroatoms. The van der Waals surface area contributed by atoms with Gasteiger partial charge in [-0.15, -0.1) is 0 Å². The third-order valence-corrected chi connectivity index (χ3v) is 2.01. The van der Waals surface area contributed by atoms with E-state index in [1.807, 2.05) is 0 Å². The van der Waals surface area contributed by atoms with Crippen LogP contribution in [0.5, 0.6) is 0 Å². The zero-order chi connectivity index (χ0) is 11.0. The molecule has 0 unspecified atom stereocenters. The fourth-order valence-electron chi connectivity index (χ4n) is 1.19. The number of halogens is 3. The van der Waals surface area contributed by atoms with E-state index in [1.165, 1.54) is 6.07 Å². The molecular formula is C9H5ClF2N2O. The first kappa shape index (κ1) is 9.92. The van der Waals surface area contributed by atoms with Gasteiger partial charge in [0.15, 0.2) is 0 Å². The van der Waals surface area contributed by atoms with Crippen LogP contribution in [0.1, 0.15) is 0 Å². The number of nitrogens with two attached hydrogens (primary N) is 1. The van der Waals surface area contributed by atoms with Gasteiger partial charge in [-0.1, -0.05) is 16.8 Å². The van der Waals surface area contributed by atoms with E-state index in [0.29, 0.717) is 0 Å². The Balaban J connectivity index is 2.62. The summed E-state index contributed by atoms with van der Waals surface area (Å²) in [6.45, 7) is 0. The molecule has 0 bridgehead atoms. The second-order valence-electron chi connectivity index (χ2n) is 2.86. The first-order valence-electron chi connectivity index (χ1n) is 3.95. The van der Waals surface area contributed by atoms with Crippen LogP contribution in [0.4, 0.5) is 14.7 Å². The maximum Gasteiger partial charge on any atom is 0.222 e. The number of benzene rings is 1. The highest BCUT2D eigenvalue weighted by molar-refractivity contribution is 6.30. The molecule has 1 aromatic carbocycles. The third kappa shape index (κ3) is 1.78. The van der Waals surface area contributed by atoms with Crippen LogP contribution in [-0.2, 0) is 0 Å². The number of nitrogen functional groups attached to an aromatic ring is 1. The highest BCUT2D eigenvalue weighted by Gasteiger charge is 2.16. The highest BCUT2D eigenvalue weighted by Crippen LogP contribution is 2.28. The summed E-state index contributed by atoms with van der Waals surface area (Å²) < 4.78 is 31.2. The lowest BCUT2D eigenvalue weighted by Gasteiger charge is -2.00. The lowest BCUT2D eigenvalue weighted by molar-refractivity contribution is 0.438. The minimum Gasteiger partial charge on any atom is -0.368 e. The molecule has 1 heterocycles. The molecule has 78 valence electrons. The molecule has 0 aliphatic rings. The normalized spacial score (nSPS) is 10.6. The quantitative estimate of drug-likeness (QED) is 0.820. The van der Waals surface area contributed by atoms with Crippen molar-refractivity contribution in [3.05, 3.63) is 34.9 Å². The maximum absolute atomic E-state index is 13.4. The Morgan fingerprint density at radius 1 is 1.20 bits per heavy atom. The van der Waals surface area contributed by atoms with Crippen molar-refractivity contribution in [1.82, 2.24) is 5.16 Å². The van der Waals surface area contributed by atoms with Crippen LogP contribution in [0.25, 0.3) is 11.3 Å². The fraction of sp³-hybridized carbons (Fsp3) is 0. The summed E-state index contributed by atoms with van der Waals surface area (Å²) in [6.07, 6.45) is 0. The number of aromatic nitrogens is 1. The van der Waals surface area contributed by atoms with E-state index in [9.17, 15) is 8.78 Å². The Kier molecular flexibility index (Phi) is 2.32. The van der Waals surface area contributed by atoms with Gasteiger partial charge < -0.3 is 10.3 Å². The van der Waals surface area contributed by atoms with E-state index < -0.39 is 11.6 Å². The van der Waals surface area contributed by atoms with Crippen LogP contribution < -0.4 is 5.73 Å². The van der Waals surface area contributed by atoms with Crippen molar-refractivity contribution >= 4 is 17.5 Å². The van der Waals surface area contributed by atoms with Gasteiger partial charge in [-0.2, -0.15) is 0 Å². The summed E-state index contributed by atoms with van der Waals surface area (Å²) in [5, 5.41) is 3.39. The van der Waals surface area contributed by atoms with Gasteiger partial charge >= 0.3 is 0 Å². The fourth-order valence-corrected chi connectivity index (χ4v) is 1.39.